The molecule has 1 heterocycles. The highest BCUT2D eigenvalue weighted by Crippen LogP contribution is 2.27. The Morgan fingerprint density at radius 1 is 1.18 bits per heavy atom. The van der Waals surface area contributed by atoms with E-state index in [1.807, 2.05) is 6.92 Å². The number of benzene rings is 2. The predicted molar refractivity (Wildman–Crippen MR) is 144 cm³/mol. The molecule has 1 aliphatic rings. The van der Waals surface area contributed by atoms with Crippen LogP contribution in [0.3, 0.4) is 0 Å². The maximum absolute atomic E-state index is 13.1. The number of hydrogen-bond donors (Lipinski definition) is 2. The number of fused-ring (bicyclic) bond motifs is 1. The van der Waals surface area contributed by atoms with Gasteiger partial charge in [-0.2, -0.15) is 13.9 Å². The molecule has 3 rings (SSSR count). The van der Waals surface area contributed by atoms with Gasteiger partial charge in [-0.3, -0.25) is 4.79 Å². The topological polar surface area (TPSA) is 83.3 Å². The van der Waals surface area contributed by atoms with Crippen molar-refractivity contribution < 1.29 is 32.2 Å². The lowest BCUT2D eigenvalue weighted by atomic mass is 10.00. The van der Waals surface area contributed by atoms with E-state index in [-0.39, 0.29) is 18.1 Å². The van der Waals surface area contributed by atoms with Gasteiger partial charge in [-0.25, -0.2) is 8.78 Å². The van der Waals surface area contributed by atoms with E-state index in [2.05, 4.69) is 28.8 Å². The van der Waals surface area contributed by atoms with Crippen molar-refractivity contribution in [3.8, 4) is 0 Å². The molecule has 0 bridgehead atoms. The molecule has 1 amide bonds. The highest BCUT2D eigenvalue weighted by molar-refractivity contribution is 5.98. The van der Waals surface area contributed by atoms with Crippen LogP contribution in [-0.2, 0) is 30.2 Å². The maximum atomic E-state index is 13.1. The zero-order valence-corrected chi connectivity index (χ0v) is 21.7. The molecule has 1 atom stereocenters. The first-order chi connectivity index (χ1) is 18.5. The Morgan fingerprint density at radius 3 is 2.44 bits per heavy atom. The lowest BCUT2D eigenvalue weighted by Crippen LogP contribution is -2.15. The monoisotopic (exact) mass is 545 g/mol. The molecule has 0 saturated carbocycles. The number of alkyl halides is 4. The van der Waals surface area contributed by atoms with E-state index in [4.69, 9.17) is 4.74 Å². The number of nitrogens with zero attached hydrogens (tertiary/aromatic N) is 2. The Labute approximate surface area is 225 Å². The van der Waals surface area contributed by atoms with Gasteiger partial charge in [0.15, 0.2) is 0 Å². The molecule has 10 heteroatoms. The fourth-order valence-electron chi connectivity index (χ4n) is 3.43. The second-order valence-corrected chi connectivity index (χ2v) is 8.68. The summed E-state index contributed by atoms with van der Waals surface area (Å²) in [5.41, 5.74) is 3.65. The van der Waals surface area contributed by atoms with E-state index in [0.29, 0.717) is 24.1 Å². The molecule has 0 fully saturated rings. The molecule has 0 spiro atoms. The number of carbonyl (C=O) groups excluding carboxylic acids is 1. The molecule has 1 aliphatic heterocycles. The highest BCUT2D eigenvalue weighted by atomic mass is 19.3. The lowest BCUT2D eigenvalue weighted by Gasteiger charge is -2.13. The Balaban J connectivity index is 0.000000274. The summed E-state index contributed by atoms with van der Waals surface area (Å²) in [6, 6.07) is 11.1. The van der Waals surface area contributed by atoms with Gasteiger partial charge in [0.1, 0.15) is 6.61 Å². The second-order valence-electron chi connectivity index (χ2n) is 8.68. The van der Waals surface area contributed by atoms with E-state index < -0.39 is 24.3 Å². The van der Waals surface area contributed by atoms with Gasteiger partial charge in [0.2, 0.25) is 0 Å². The summed E-state index contributed by atoms with van der Waals surface area (Å²) in [6.45, 7) is 9.62. The molecule has 0 radical (unpaired) electrons. The number of rotatable bonds is 10. The van der Waals surface area contributed by atoms with Crippen molar-refractivity contribution in [1.29, 1.82) is 0 Å². The number of carbonyl (C=O) groups is 1. The van der Waals surface area contributed by atoms with Crippen LogP contribution in [0.25, 0.3) is 0 Å². The van der Waals surface area contributed by atoms with Gasteiger partial charge in [0.25, 0.3) is 17.7 Å². The summed E-state index contributed by atoms with van der Waals surface area (Å²) < 4.78 is 55.9. The largest absolute Gasteiger partial charge is 0.471 e. The minimum absolute atomic E-state index is 0.0167. The highest BCUT2D eigenvalue weighted by Gasteiger charge is 2.24. The quantitative estimate of drug-likeness (QED) is 0.124. The Bertz CT molecular complexity index is 1230. The number of aliphatic hydroxyl groups excluding tert-OH is 1. The summed E-state index contributed by atoms with van der Waals surface area (Å²) >= 11 is 0. The van der Waals surface area contributed by atoms with Crippen LogP contribution in [-0.4, -0.2) is 36.2 Å². The van der Waals surface area contributed by atoms with Crippen LogP contribution in [0.15, 0.2) is 89.1 Å². The van der Waals surface area contributed by atoms with E-state index in [1.54, 1.807) is 54.6 Å². The van der Waals surface area contributed by atoms with Gasteiger partial charge < -0.3 is 15.2 Å². The molecule has 0 aromatic heterocycles. The van der Waals surface area contributed by atoms with Crippen molar-refractivity contribution in [3.05, 3.63) is 107 Å². The normalized spacial score (nSPS) is 14.4. The number of amides is 1. The first-order valence-corrected chi connectivity index (χ1v) is 11.9. The fourth-order valence-corrected chi connectivity index (χ4v) is 3.43. The number of allylic oxidation sites excluding steroid dienone is 4. The van der Waals surface area contributed by atoms with E-state index >= 15 is 0 Å². The second kappa shape index (κ2) is 14.8. The SMILES string of the molecule is C=C/C=C\C=C(/C)C(O)Cc1ccc(C(C)(F)F)cc1.C=N/N=C(\OCc1ccc2c(c1)C(=O)NC2)C(F)F. The van der Waals surface area contributed by atoms with Crippen molar-refractivity contribution >= 4 is 18.5 Å². The van der Waals surface area contributed by atoms with E-state index in [0.717, 1.165) is 23.6 Å². The van der Waals surface area contributed by atoms with Gasteiger partial charge in [-0.1, -0.05) is 67.3 Å². The Morgan fingerprint density at radius 2 is 1.85 bits per heavy atom. The summed E-state index contributed by atoms with van der Waals surface area (Å²) in [7, 11) is 0. The lowest BCUT2D eigenvalue weighted by molar-refractivity contribution is 0.0174. The third-order valence-electron chi connectivity index (χ3n) is 5.62. The third-order valence-corrected chi connectivity index (χ3v) is 5.62. The van der Waals surface area contributed by atoms with Gasteiger partial charge in [-0.05, 0) is 35.3 Å². The molecular weight excluding hydrogens is 514 g/mol. The minimum Gasteiger partial charge on any atom is -0.471 e. The van der Waals surface area contributed by atoms with Crippen LogP contribution in [0, 0.1) is 0 Å². The van der Waals surface area contributed by atoms with Crippen LogP contribution < -0.4 is 5.32 Å². The molecule has 2 N–H and O–H groups in total. The fraction of sp³-hybridized carbons (Fsp3) is 0.276. The summed E-state index contributed by atoms with van der Waals surface area (Å²) in [5.74, 6) is -3.80. The average molecular weight is 546 g/mol. The Hall–Kier alpha value is -4.05. The van der Waals surface area contributed by atoms with Crippen molar-refractivity contribution in [2.45, 2.75) is 51.9 Å². The standard InChI is InChI=1S/C17H20F2O.C12H11F2N3O2/c1-4-5-6-7-13(2)16(20)12-14-8-10-15(11-9-14)17(3,18)19;1-15-17-12(10(13)14)19-6-7-2-3-8-5-16-11(18)9(8)4-7/h4-11,16,20H,1,12H2,2-3H3;2-4,10H,1,5-6H2,(H,16,18)/b6-5-,13-7+;17-12-. The molecular formula is C29H31F4N3O3. The first-order valence-electron chi connectivity index (χ1n) is 11.9. The first kappa shape index (κ1) is 31.2. The zero-order valence-electron chi connectivity index (χ0n) is 21.7. The van der Waals surface area contributed by atoms with Crippen molar-refractivity contribution in [1.82, 2.24) is 5.32 Å². The van der Waals surface area contributed by atoms with E-state index in [1.165, 1.54) is 12.1 Å². The summed E-state index contributed by atoms with van der Waals surface area (Å²) in [5, 5.41) is 18.8. The van der Waals surface area contributed by atoms with Crippen LogP contribution in [0.4, 0.5) is 17.6 Å². The molecule has 6 nitrogen and oxygen atoms in total. The molecule has 1 unspecified atom stereocenters. The van der Waals surface area contributed by atoms with E-state index in [9.17, 15) is 27.5 Å². The smallest absolute Gasteiger partial charge is 0.314 e. The molecule has 39 heavy (non-hydrogen) atoms. The van der Waals surface area contributed by atoms with Gasteiger partial charge >= 0.3 is 6.43 Å². The number of ether oxygens (including phenoxy) is 1. The van der Waals surface area contributed by atoms with Gasteiger partial charge in [-0.15, -0.1) is 5.10 Å². The van der Waals surface area contributed by atoms with Gasteiger partial charge in [0, 0.05) is 37.7 Å². The summed E-state index contributed by atoms with van der Waals surface area (Å²) in [6.07, 6.45) is 3.95. The number of nitrogens with one attached hydrogen (secondary N) is 1. The number of halogens is 4. The van der Waals surface area contributed by atoms with Crippen LogP contribution in [0.1, 0.15) is 46.5 Å². The third kappa shape index (κ3) is 9.97. The van der Waals surface area contributed by atoms with Crippen molar-refractivity contribution in [2.24, 2.45) is 10.2 Å². The predicted octanol–water partition coefficient (Wildman–Crippen LogP) is 6.12. The summed E-state index contributed by atoms with van der Waals surface area (Å²) in [4.78, 5) is 11.4. The molecule has 0 saturated heterocycles. The zero-order chi connectivity index (χ0) is 29.0. The molecule has 2 aromatic rings. The number of aliphatic hydroxyl groups is 1. The Kier molecular flexibility index (Phi) is 11.8. The van der Waals surface area contributed by atoms with Crippen LogP contribution >= 0.6 is 0 Å². The maximum Gasteiger partial charge on any atom is 0.314 e. The molecule has 208 valence electrons. The van der Waals surface area contributed by atoms with Crippen molar-refractivity contribution in [2.75, 3.05) is 0 Å². The minimum atomic E-state index is -2.86. The van der Waals surface area contributed by atoms with Gasteiger partial charge in [0.05, 0.1) is 6.10 Å². The van der Waals surface area contributed by atoms with Crippen molar-refractivity contribution in [3.63, 3.8) is 0 Å². The molecule has 0 aliphatic carbocycles. The molecule has 2 aromatic carbocycles. The van der Waals surface area contributed by atoms with Crippen LogP contribution in [0.5, 0.6) is 0 Å². The number of hydrogen-bond acceptors (Lipinski definition) is 5. The average Bonchev–Trinajstić information content (AvgIpc) is 3.26. The van der Waals surface area contributed by atoms with Crippen LogP contribution in [0.2, 0.25) is 0 Å².